The van der Waals surface area contributed by atoms with E-state index in [1.165, 1.54) is 24.0 Å². The predicted molar refractivity (Wildman–Crippen MR) is 110 cm³/mol. The van der Waals surface area contributed by atoms with Crippen molar-refractivity contribution in [1.29, 1.82) is 0 Å². The van der Waals surface area contributed by atoms with Crippen LogP contribution in [-0.4, -0.2) is 25.7 Å². The standard InChI is InChI=1S/C23H23N5O/c1-27-12-10-19(26-27)18-13-15(6-7-16(18)14-4-5-14)25-23(29)28-20-8-9-21(28)22-17(20)3-2-11-24-22/h2-3,6-7,10-14,20-21H,4-5,8-9H2,1H3,(H,25,29). The number of anilines is 1. The number of aromatic nitrogens is 3. The molecule has 2 aliphatic heterocycles. The molecular formula is C23H23N5O. The lowest BCUT2D eigenvalue weighted by Crippen LogP contribution is -2.32. The number of hydrogen-bond acceptors (Lipinski definition) is 3. The zero-order valence-corrected chi connectivity index (χ0v) is 16.4. The Bertz CT molecular complexity index is 1080. The molecule has 3 aromatic rings. The van der Waals surface area contributed by atoms with E-state index in [0.29, 0.717) is 5.92 Å². The van der Waals surface area contributed by atoms with E-state index in [1.54, 1.807) is 0 Å². The highest BCUT2D eigenvalue weighted by molar-refractivity contribution is 5.91. The van der Waals surface area contributed by atoms with E-state index in [-0.39, 0.29) is 18.1 Å². The van der Waals surface area contributed by atoms with E-state index in [2.05, 4.69) is 33.6 Å². The molecule has 1 saturated heterocycles. The Labute approximate surface area is 169 Å². The first-order valence-electron chi connectivity index (χ1n) is 10.4. The number of aryl methyl sites for hydroxylation is 1. The second kappa shape index (κ2) is 6.17. The van der Waals surface area contributed by atoms with Crippen molar-refractivity contribution in [2.75, 3.05) is 5.32 Å². The highest BCUT2D eigenvalue weighted by atomic mass is 16.2. The number of fused-ring (bicyclic) bond motifs is 5. The van der Waals surface area contributed by atoms with Gasteiger partial charge in [-0.05, 0) is 67.0 Å². The van der Waals surface area contributed by atoms with Crippen LogP contribution in [-0.2, 0) is 7.05 Å². The predicted octanol–water partition coefficient (Wildman–Crippen LogP) is 4.78. The quantitative estimate of drug-likeness (QED) is 0.705. The summed E-state index contributed by atoms with van der Waals surface area (Å²) < 4.78 is 1.82. The number of carbonyl (C=O) groups excluding carboxylic acids is 1. The van der Waals surface area contributed by atoms with Crippen LogP contribution in [0.15, 0.2) is 48.8 Å². The minimum absolute atomic E-state index is 0.0401. The first-order chi connectivity index (χ1) is 14.2. The molecule has 146 valence electrons. The van der Waals surface area contributed by atoms with Gasteiger partial charge < -0.3 is 10.2 Å². The van der Waals surface area contributed by atoms with Crippen LogP contribution in [0.4, 0.5) is 10.5 Å². The highest BCUT2D eigenvalue weighted by Gasteiger charge is 2.47. The second-order valence-corrected chi connectivity index (χ2v) is 8.38. The van der Waals surface area contributed by atoms with Gasteiger partial charge in [-0.3, -0.25) is 9.67 Å². The van der Waals surface area contributed by atoms with Gasteiger partial charge in [0.1, 0.15) is 0 Å². The van der Waals surface area contributed by atoms with Gasteiger partial charge in [-0.1, -0.05) is 12.1 Å². The van der Waals surface area contributed by atoms with Crippen LogP contribution in [0.5, 0.6) is 0 Å². The summed E-state index contributed by atoms with van der Waals surface area (Å²) in [6, 6.07) is 12.6. The SMILES string of the molecule is Cn1ccc(-c2cc(NC(=O)N3C4CCC3c3ncccc34)ccc2C2CC2)n1. The van der Waals surface area contributed by atoms with E-state index in [0.717, 1.165) is 35.5 Å². The van der Waals surface area contributed by atoms with Crippen LogP contribution >= 0.6 is 0 Å². The van der Waals surface area contributed by atoms with Crippen LogP contribution in [0.2, 0.25) is 0 Å². The maximum atomic E-state index is 13.2. The molecule has 1 aliphatic carbocycles. The van der Waals surface area contributed by atoms with Gasteiger partial charge in [0.2, 0.25) is 0 Å². The van der Waals surface area contributed by atoms with Crippen molar-refractivity contribution in [2.45, 2.75) is 43.7 Å². The summed E-state index contributed by atoms with van der Waals surface area (Å²) in [6.45, 7) is 0. The summed E-state index contributed by atoms with van der Waals surface area (Å²) in [6.07, 6.45) is 8.25. The normalized spacial score (nSPS) is 22.0. The van der Waals surface area contributed by atoms with Crippen LogP contribution in [0.25, 0.3) is 11.3 Å². The molecule has 0 radical (unpaired) electrons. The average molecular weight is 385 g/mol. The Hall–Kier alpha value is -3.15. The Morgan fingerprint density at radius 2 is 1.93 bits per heavy atom. The fourth-order valence-corrected chi connectivity index (χ4v) is 5.01. The smallest absolute Gasteiger partial charge is 0.309 e. The summed E-state index contributed by atoms with van der Waals surface area (Å²) in [5, 5.41) is 7.74. The Kier molecular flexibility index (Phi) is 3.57. The topological polar surface area (TPSA) is 63.1 Å². The molecule has 0 spiro atoms. The lowest BCUT2D eigenvalue weighted by molar-refractivity contribution is 0.196. The van der Waals surface area contributed by atoms with Crippen LogP contribution < -0.4 is 5.32 Å². The van der Waals surface area contributed by atoms with Crippen molar-refractivity contribution < 1.29 is 4.79 Å². The lowest BCUT2D eigenvalue weighted by Gasteiger charge is -2.23. The summed E-state index contributed by atoms with van der Waals surface area (Å²) in [5.41, 5.74) is 6.51. The largest absolute Gasteiger partial charge is 0.322 e. The van der Waals surface area contributed by atoms with Gasteiger partial charge in [0.25, 0.3) is 0 Å². The third-order valence-electron chi connectivity index (χ3n) is 6.48. The number of pyridine rings is 1. The van der Waals surface area contributed by atoms with Crippen molar-refractivity contribution in [3.8, 4) is 11.3 Å². The number of benzene rings is 1. The van der Waals surface area contributed by atoms with Gasteiger partial charge >= 0.3 is 6.03 Å². The Morgan fingerprint density at radius 1 is 1.07 bits per heavy atom. The van der Waals surface area contributed by atoms with Crippen molar-refractivity contribution in [3.63, 3.8) is 0 Å². The molecule has 6 rings (SSSR count). The van der Waals surface area contributed by atoms with Crippen LogP contribution in [0.1, 0.15) is 60.5 Å². The summed E-state index contributed by atoms with van der Waals surface area (Å²) in [5.74, 6) is 0.617. The minimum Gasteiger partial charge on any atom is -0.309 e. The lowest BCUT2D eigenvalue weighted by atomic mass is 9.96. The zero-order valence-electron chi connectivity index (χ0n) is 16.4. The summed E-state index contributed by atoms with van der Waals surface area (Å²) in [7, 11) is 1.93. The van der Waals surface area contributed by atoms with Crippen LogP contribution in [0, 0.1) is 0 Å². The molecule has 2 unspecified atom stereocenters. The third kappa shape index (κ3) is 2.66. The van der Waals surface area contributed by atoms with Crippen molar-refractivity contribution in [1.82, 2.24) is 19.7 Å². The maximum absolute atomic E-state index is 13.2. The van der Waals surface area contributed by atoms with Gasteiger partial charge in [0.05, 0.1) is 23.5 Å². The van der Waals surface area contributed by atoms with E-state index in [9.17, 15) is 4.79 Å². The van der Waals surface area contributed by atoms with E-state index >= 15 is 0 Å². The first kappa shape index (κ1) is 16.8. The molecule has 3 aliphatic rings. The minimum atomic E-state index is -0.0401. The molecule has 2 bridgehead atoms. The number of carbonyl (C=O) groups is 1. The van der Waals surface area contributed by atoms with Gasteiger partial charge in [0, 0.05) is 30.7 Å². The Morgan fingerprint density at radius 3 is 2.69 bits per heavy atom. The van der Waals surface area contributed by atoms with Gasteiger partial charge in [-0.25, -0.2) is 4.79 Å². The molecular weight excluding hydrogens is 362 g/mol. The van der Waals surface area contributed by atoms with Crippen LogP contribution in [0.3, 0.4) is 0 Å². The third-order valence-corrected chi connectivity index (χ3v) is 6.48. The summed E-state index contributed by atoms with van der Waals surface area (Å²) >= 11 is 0. The highest BCUT2D eigenvalue weighted by Crippen LogP contribution is 2.52. The average Bonchev–Trinajstić information content (AvgIpc) is 3.22. The molecule has 29 heavy (non-hydrogen) atoms. The molecule has 1 saturated carbocycles. The Balaban J connectivity index is 1.30. The van der Waals surface area contributed by atoms with Crippen molar-refractivity contribution >= 4 is 11.7 Å². The number of hydrogen-bond donors (Lipinski definition) is 1. The summed E-state index contributed by atoms with van der Waals surface area (Å²) in [4.78, 5) is 19.7. The fourth-order valence-electron chi connectivity index (χ4n) is 5.01. The molecule has 6 nitrogen and oxygen atoms in total. The molecule has 2 amide bonds. The van der Waals surface area contributed by atoms with Gasteiger partial charge in [-0.15, -0.1) is 0 Å². The molecule has 1 aromatic carbocycles. The van der Waals surface area contributed by atoms with Gasteiger partial charge in [-0.2, -0.15) is 5.10 Å². The van der Waals surface area contributed by atoms with Crippen molar-refractivity contribution in [2.24, 2.45) is 7.05 Å². The molecule has 6 heteroatoms. The van der Waals surface area contributed by atoms with Gasteiger partial charge in [0.15, 0.2) is 0 Å². The molecule has 4 heterocycles. The zero-order chi connectivity index (χ0) is 19.5. The van der Waals surface area contributed by atoms with E-state index in [4.69, 9.17) is 0 Å². The van der Waals surface area contributed by atoms with Crippen molar-refractivity contribution in [3.05, 3.63) is 65.6 Å². The number of rotatable bonds is 3. The first-order valence-corrected chi connectivity index (χ1v) is 10.4. The van der Waals surface area contributed by atoms with E-state index in [1.807, 2.05) is 47.2 Å². The maximum Gasteiger partial charge on any atom is 0.322 e. The monoisotopic (exact) mass is 385 g/mol. The molecule has 2 atom stereocenters. The number of nitrogens with one attached hydrogen (secondary N) is 1. The molecule has 1 N–H and O–H groups in total. The van der Waals surface area contributed by atoms with E-state index < -0.39 is 0 Å². The molecule has 2 aromatic heterocycles. The second-order valence-electron chi connectivity index (χ2n) is 8.38. The number of urea groups is 1. The number of nitrogens with zero attached hydrogens (tertiary/aromatic N) is 4. The number of amides is 2. The fraction of sp³-hybridized carbons (Fsp3) is 0.348. The molecule has 2 fully saturated rings.